The van der Waals surface area contributed by atoms with Gasteiger partial charge in [0.2, 0.25) is 11.8 Å². The molecule has 0 aromatic rings. The fourth-order valence-corrected chi connectivity index (χ4v) is 2.00. The molecule has 5 heteroatoms. The molecule has 0 heterocycles. The van der Waals surface area contributed by atoms with Gasteiger partial charge in [0.05, 0.1) is 5.41 Å². The molecule has 0 aliphatic rings. The second kappa shape index (κ2) is 8.15. The van der Waals surface area contributed by atoms with Crippen molar-refractivity contribution in [2.45, 2.75) is 40.5 Å². The highest BCUT2D eigenvalue weighted by molar-refractivity contribution is 5.83. The summed E-state index contributed by atoms with van der Waals surface area (Å²) in [5.41, 5.74) is 5.08. The zero-order valence-electron chi connectivity index (χ0n) is 12.9. The number of rotatable bonds is 8. The number of hydrogen-bond acceptors (Lipinski definition) is 3. The summed E-state index contributed by atoms with van der Waals surface area (Å²) in [6, 6.07) is 0. The molecule has 0 saturated heterocycles. The molecule has 112 valence electrons. The molecule has 0 rings (SSSR count). The minimum Gasteiger partial charge on any atom is -0.359 e. The predicted octanol–water partition coefficient (Wildman–Crippen LogP) is 0.886. The quantitative estimate of drug-likeness (QED) is 0.613. The van der Waals surface area contributed by atoms with E-state index in [0.29, 0.717) is 25.4 Å². The summed E-state index contributed by atoms with van der Waals surface area (Å²) < 4.78 is 0. The monoisotopic (exact) mass is 271 g/mol. The van der Waals surface area contributed by atoms with Crippen molar-refractivity contribution in [1.29, 1.82) is 0 Å². The molecular weight excluding hydrogens is 242 g/mol. The van der Waals surface area contributed by atoms with Gasteiger partial charge >= 0.3 is 0 Å². The minimum atomic E-state index is -0.597. The van der Waals surface area contributed by atoms with E-state index in [4.69, 9.17) is 5.73 Å². The average molecular weight is 271 g/mol. The predicted molar refractivity (Wildman–Crippen MR) is 77.5 cm³/mol. The molecule has 0 aliphatic heterocycles. The van der Waals surface area contributed by atoms with Crippen LogP contribution in [0.2, 0.25) is 0 Å². The highest BCUT2D eigenvalue weighted by atomic mass is 16.2. The second-order valence-corrected chi connectivity index (χ2v) is 6.18. The van der Waals surface area contributed by atoms with E-state index < -0.39 is 5.41 Å². The van der Waals surface area contributed by atoms with E-state index in [9.17, 15) is 9.59 Å². The maximum Gasteiger partial charge on any atom is 0.227 e. The molecule has 0 aromatic heterocycles. The Morgan fingerprint density at radius 1 is 1.26 bits per heavy atom. The molecule has 0 spiro atoms. The fourth-order valence-electron chi connectivity index (χ4n) is 2.00. The SMILES string of the molecule is CNC(=O)C(C)(C)CNC(=O)C[C@@H](CN)CC(C)C. The van der Waals surface area contributed by atoms with Gasteiger partial charge in [-0.2, -0.15) is 0 Å². The van der Waals surface area contributed by atoms with Gasteiger partial charge in [-0.3, -0.25) is 9.59 Å². The molecule has 0 unspecified atom stereocenters. The molecule has 0 aliphatic carbocycles. The van der Waals surface area contributed by atoms with Crippen molar-refractivity contribution in [2.24, 2.45) is 23.0 Å². The van der Waals surface area contributed by atoms with Crippen LogP contribution >= 0.6 is 0 Å². The highest BCUT2D eigenvalue weighted by Gasteiger charge is 2.27. The van der Waals surface area contributed by atoms with Crippen LogP contribution in [0.15, 0.2) is 0 Å². The minimum absolute atomic E-state index is 0.0342. The second-order valence-electron chi connectivity index (χ2n) is 6.18. The van der Waals surface area contributed by atoms with Gasteiger partial charge in [0, 0.05) is 20.0 Å². The summed E-state index contributed by atoms with van der Waals surface area (Å²) in [4.78, 5) is 23.4. The van der Waals surface area contributed by atoms with Crippen LogP contribution in [-0.2, 0) is 9.59 Å². The molecule has 1 atom stereocenters. The van der Waals surface area contributed by atoms with Crippen molar-refractivity contribution in [3.05, 3.63) is 0 Å². The summed E-state index contributed by atoms with van der Waals surface area (Å²) in [6.07, 6.45) is 1.38. The van der Waals surface area contributed by atoms with Gasteiger partial charge < -0.3 is 16.4 Å². The summed E-state index contributed by atoms with van der Waals surface area (Å²) in [6.45, 7) is 8.71. The summed E-state index contributed by atoms with van der Waals surface area (Å²) in [5.74, 6) is 0.630. The lowest BCUT2D eigenvalue weighted by Crippen LogP contribution is -2.44. The molecule has 19 heavy (non-hydrogen) atoms. The van der Waals surface area contributed by atoms with Crippen molar-refractivity contribution >= 4 is 11.8 Å². The van der Waals surface area contributed by atoms with Crippen LogP contribution in [0.1, 0.15) is 40.5 Å². The van der Waals surface area contributed by atoms with E-state index in [1.165, 1.54) is 0 Å². The maximum absolute atomic E-state index is 11.9. The van der Waals surface area contributed by atoms with Gasteiger partial charge in [-0.1, -0.05) is 13.8 Å². The number of nitrogens with one attached hydrogen (secondary N) is 2. The zero-order chi connectivity index (χ0) is 15.1. The van der Waals surface area contributed by atoms with Gasteiger partial charge in [-0.25, -0.2) is 0 Å². The molecule has 2 amide bonds. The summed E-state index contributed by atoms with van der Waals surface area (Å²) >= 11 is 0. The van der Waals surface area contributed by atoms with E-state index in [1.807, 2.05) is 0 Å². The number of carbonyl (C=O) groups is 2. The first kappa shape index (κ1) is 17.9. The number of carbonyl (C=O) groups excluding carboxylic acids is 2. The zero-order valence-corrected chi connectivity index (χ0v) is 12.9. The number of hydrogen-bond donors (Lipinski definition) is 3. The van der Waals surface area contributed by atoms with Gasteiger partial charge in [-0.05, 0) is 38.6 Å². The van der Waals surface area contributed by atoms with Crippen LogP contribution in [0.25, 0.3) is 0 Å². The van der Waals surface area contributed by atoms with E-state index in [0.717, 1.165) is 6.42 Å². The molecule has 0 aromatic carbocycles. The van der Waals surface area contributed by atoms with Gasteiger partial charge in [-0.15, -0.1) is 0 Å². The van der Waals surface area contributed by atoms with Crippen LogP contribution in [0.3, 0.4) is 0 Å². The molecule has 0 saturated carbocycles. The van der Waals surface area contributed by atoms with E-state index in [1.54, 1.807) is 20.9 Å². The standard InChI is InChI=1S/C14H29N3O2/c1-10(2)6-11(8-15)7-12(18)17-9-14(3,4)13(19)16-5/h10-11H,6-9,15H2,1-5H3,(H,16,19)(H,17,18)/t11-/m0/s1. The Labute approximate surface area is 116 Å². The summed E-state index contributed by atoms with van der Waals surface area (Å²) in [7, 11) is 1.60. The highest BCUT2D eigenvalue weighted by Crippen LogP contribution is 2.16. The lowest BCUT2D eigenvalue weighted by atomic mass is 9.91. The molecule has 4 N–H and O–H groups in total. The number of amides is 2. The van der Waals surface area contributed by atoms with Crippen LogP contribution in [0, 0.1) is 17.3 Å². The van der Waals surface area contributed by atoms with Gasteiger partial charge in [0.25, 0.3) is 0 Å². The Kier molecular flexibility index (Phi) is 7.68. The lowest BCUT2D eigenvalue weighted by Gasteiger charge is -2.23. The van der Waals surface area contributed by atoms with E-state index in [-0.39, 0.29) is 17.7 Å². The van der Waals surface area contributed by atoms with Crippen molar-refractivity contribution < 1.29 is 9.59 Å². The van der Waals surface area contributed by atoms with Crippen LogP contribution in [-0.4, -0.2) is 32.0 Å². The van der Waals surface area contributed by atoms with E-state index in [2.05, 4.69) is 24.5 Å². The molecule has 5 nitrogen and oxygen atoms in total. The smallest absolute Gasteiger partial charge is 0.227 e. The molecule has 0 bridgehead atoms. The Morgan fingerprint density at radius 3 is 2.26 bits per heavy atom. The largest absolute Gasteiger partial charge is 0.359 e. The maximum atomic E-state index is 11.9. The Balaban J connectivity index is 4.21. The number of nitrogens with two attached hydrogens (primary N) is 1. The van der Waals surface area contributed by atoms with Crippen molar-refractivity contribution in [1.82, 2.24) is 10.6 Å². The van der Waals surface area contributed by atoms with E-state index >= 15 is 0 Å². The van der Waals surface area contributed by atoms with Gasteiger partial charge in [0.15, 0.2) is 0 Å². The van der Waals surface area contributed by atoms with Gasteiger partial charge in [0.1, 0.15) is 0 Å². The van der Waals surface area contributed by atoms with Crippen molar-refractivity contribution in [2.75, 3.05) is 20.1 Å². The molecular formula is C14H29N3O2. The first-order valence-corrected chi connectivity index (χ1v) is 6.91. The van der Waals surface area contributed by atoms with Crippen LogP contribution < -0.4 is 16.4 Å². The first-order valence-electron chi connectivity index (χ1n) is 6.91. The first-order chi connectivity index (χ1) is 8.72. The topological polar surface area (TPSA) is 84.2 Å². The lowest BCUT2D eigenvalue weighted by molar-refractivity contribution is -0.129. The third-order valence-electron chi connectivity index (χ3n) is 3.18. The Hall–Kier alpha value is -1.10. The molecule has 0 radical (unpaired) electrons. The fraction of sp³-hybridized carbons (Fsp3) is 0.857. The van der Waals surface area contributed by atoms with Crippen LogP contribution in [0.5, 0.6) is 0 Å². The average Bonchev–Trinajstić information content (AvgIpc) is 2.34. The molecule has 0 fully saturated rings. The Bertz CT molecular complexity index is 301. The van der Waals surface area contributed by atoms with Crippen LogP contribution in [0.4, 0.5) is 0 Å². The van der Waals surface area contributed by atoms with Crippen molar-refractivity contribution in [3.8, 4) is 0 Å². The third kappa shape index (κ3) is 7.15. The normalized spacial score (nSPS) is 13.2. The summed E-state index contributed by atoms with van der Waals surface area (Å²) in [5, 5.41) is 5.42. The third-order valence-corrected chi connectivity index (χ3v) is 3.18. The Morgan fingerprint density at radius 2 is 1.84 bits per heavy atom. The van der Waals surface area contributed by atoms with Crippen molar-refractivity contribution in [3.63, 3.8) is 0 Å².